The maximum absolute atomic E-state index is 12.0. The fraction of sp³-hybridized carbons (Fsp3) is 0.682. The monoisotopic (exact) mass is 2750 g/mol. The third-order valence-corrected chi connectivity index (χ3v) is 20.4. The first-order valence-corrected chi connectivity index (χ1v) is 62.2. The minimum absolute atomic E-state index is 0. The van der Waals surface area contributed by atoms with Gasteiger partial charge in [0.1, 0.15) is 110 Å². The number of hydrogen-bond acceptors (Lipinski definition) is 42. The summed E-state index contributed by atoms with van der Waals surface area (Å²) in [5.74, 6) is -3.68. The number of hydrogen-bond donors (Lipinski definition) is 28. The molecule has 4 heterocycles. The third kappa shape index (κ3) is 54.9. The number of ether oxygens (including phenoxy) is 8. The fourth-order valence-electron chi connectivity index (χ4n) is 13.5. The molecule has 0 aliphatic carbocycles. The van der Waals surface area contributed by atoms with E-state index in [0.717, 1.165) is 19.0 Å². The summed E-state index contributed by atoms with van der Waals surface area (Å²) >= 11 is 11.5. The number of aromatic hydroxyl groups is 1. The van der Waals surface area contributed by atoms with Crippen molar-refractivity contribution >= 4 is 158 Å². The van der Waals surface area contributed by atoms with Gasteiger partial charge in [0.2, 0.25) is 0 Å². The predicted octanol–water partition coefficient (Wildman–Crippen LogP) is -3.58. The summed E-state index contributed by atoms with van der Waals surface area (Å²) in [5.41, 5.74) is 16.1. The second-order valence-corrected chi connectivity index (χ2v) is 47.1. The van der Waals surface area contributed by atoms with Gasteiger partial charge < -0.3 is 183 Å². The summed E-state index contributed by atoms with van der Waals surface area (Å²) in [4.78, 5) is 69.6. The van der Waals surface area contributed by atoms with Gasteiger partial charge in [0.15, 0.2) is 0 Å². The van der Waals surface area contributed by atoms with E-state index in [4.69, 9.17) is 60.3 Å². The Balaban J connectivity index is -0.000000539. The van der Waals surface area contributed by atoms with Gasteiger partial charge in [-0.2, -0.15) is 0 Å². The van der Waals surface area contributed by atoms with Crippen LogP contribution in [0.4, 0.5) is 9.59 Å². The fourth-order valence-corrected chi connectivity index (χ4v) is 13.5. The Hall–Kier alpha value is -2.08. The average molecular weight is 2750 g/mol. The Morgan fingerprint density at radius 1 is 0.537 bits per heavy atom. The van der Waals surface area contributed by atoms with E-state index in [1.807, 2.05) is 57.2 Å². The van der Waals surface area contributed by atoms with E-state index in [1.165, 1.54) is 59.7 Å². The molecule has 27 unspecified atom stereocenters. The van der Waals surface area contributed by atoms with Crippen LogP contribution < -0.4 is 55.9 Å². The SMILES string of the molecule is C.C.CC(C)CC1C(O)C(CO)OC(COCC(C(O)C=O)C(O)C(O)CO)C1O.CC(C)CC1C(O)C(CO)OC(COCC(C(O)CNCNC(=O)Oc2ccc(C=O)cc2)C(O)C(O)CO)C1O.CCCC1C(O)C(CO)OC(COCC(C(O)CNCN)C(O)C(O)CO)C1O.I.II.I[I-]I.NCN.O=Cc1ccc(O)cc1.O=Cc1ccc(OC(=O)n2ccnc2)cc1.[2H]CI. The first kappa shape index (κ1) is 140. The molecule has 4 aromatic rings. The van der Waals surface area contributed by atoms with Crippen molar-refractivity contribution in [3.8, 4) is 17.2 Å². The zero-order chi connectivity index (χ0) is 102. The van der Waals surface area contributed by atoms with Crippen molar-refractivity contribution in [1.82, 2.24) is 25.5 Å². The number of phenolic OH excluding ortho intramolecular Hbond substituents is 1. The van der Waals surface area contributed by atoms with Crippen molar-refractivity contribution in [3.63, 3.8) is 0 Å². The third-order valence-electron chi connectivity index (χ3n) is 20.4. The van der Waals surface area contributed by atoms with E-state index in [2.05, 4.69) is 107 Å². The summed E-state index contributed by atoms with van der Waals surface area (Å²) in [7, 11) is 0. The minimum atomic E-state index is -1.63. The summed E-state index contributed by atoms with van der Waals surface area (Å²) in [6, 6.07) is 18.2. The summed E-state index contributed by atoms with van der Waals surface area (Å²) in [5, 5.41) is 226. The van der Waals surface area contributed by atoms with Gasteiger partial charge in [-0.3, -0.25) is 19.7 Å². The molecule has 794 valence electrons. The Labute approximate surface area is 879 Å². The van der Waals surface area contributed by atoms with Gasteiger partial charge in [-0.1, -0.05) is 78.5 Å². The van der Waals surface area contributed by atoms with Gasteiger partial charge in [-0.15, -0.1) is 24.0 Å². The van der Waals surface area contributed by atoms with Crippen LogP contribution in [-0.2, 0) is 33.2 Å². The molecule has 0 bridgehead atoms. The molecule has 31 N–H and O–H groups in total. The average Bonchev–Trinajstić information content (AvgIpc) is 1.39. The topological polar surface area (TPSA) is 753 Å². The number of rotatable bonds is 46. The number of nitrogens with zero attached hydrogens (tertiary/aromatic N) is 2. The van der Waals surface area contributed by atoms with E-state index >= 15 is 0 Å². The molecule has 3 fully saturated rings. The van der Waals surface area contributed by atoms with Crippen LogP contribution >= 0.6 is 121 Å². The number of nitrogens with two attached hydrogens (primary N) is 3. The van der Waals surface area contributed by atoms with Crippen LogP contribution in [-0.4, -0.2) is 405 Å². The first-order chi connectivity index (χ1) is 63.9. The number of phenols is 1. The summed E-state index contributed by atoms with van der Waals surface area (Å²) < 4.78 is 50.8. The number of nitrogens with one attached hydrogen (secondary N) is 3. The van der Waals surface area contributed by atoms with Crippen LogP contribution in [0, 0.1) is 47.3 Å². The normalized spacial score (nSPS) is 23.5. The van der Waals surface area contributed by atoms with Gasteiger partial charge in [0, 0.05) is 130 Å². The Bertz CT molecular complexity index is 3590. The van der Waals surface area contributed by atoms with E-state index in [0.29, 0.717) is 66.2 Å². The number of aromatic nitrogens is 2. The van der Waals surface area contributed by atoms with Gasteiger partial charge in [0.25, 0.3) is 0 Å². The number of carbonyl (C=O) groups excluding carboxylic acids is 6. The van der Waals surface area contributed by atoms with Crippen LogP contribution in [0.1, 0.15) is 108 Å². The molecular weight excluding hydrogens is 2600 g/mol. The predicted molar refractivity (Wildman–Crippen MR) is 550 cm³/mol. The van der Waals surface area contributed by atoms with Crippen LogP contribution in [0.25, 0.3) is 0 Å². The van der Waals surface area contributed by atoms with E-state index < -0.39 is 216 Å². The molecule has 3 aliphatic heterocycles. The molecule has 51 heteroatoms. The smallest absolute Gasteiger partial charge is 0.424 e. The number of benzene rings is 3. The number of carbonyl (C=O) groups is 6. The number of aliphatic hydroxyl groups is 21. The standard InChI is InChI=1S/C27H44N2O12.C18H38N2O9.C18H34O10.C11H8N2O3.C7H6O2.CH3I.CH6N2.2CH4.I3.I2.HI/c1-15(2)7-18-25(36)22(11-32)41-23(26(18)37)13-39-12-19(24(35)21(34)10-31)20(33)8-28-14-29-27(38)40-17-5-3-16(9-30)4-6-17;1-2-3-10-17(26)14(6-22)29-15(18(10)27)8-28-7-11(12(23)4-20-9-19)16(25)13(24)5-21;1-9(2)3-10-17(25)14(6-21)28-15(18(10)26)8-27-7-11(12(22)4-19)16(24)13(23)5-20;14-7-9-1-3-10(4-2-9)16-11(15)13-6-5-12-8-13;8-5-6-1-3-7(9)4-2-6;1-2;2-1-3;;;1-3-2;1-2;/h3-6,9,15,18-26,28,31-37H,7-8,10-14H2,1-2H3,(H,29,38);10-18,20-27H,2-9,19H2,1H3;4,9-18,20-26H,3,5-8H2,1-2H3;1-8H;1-5,9H;1H3;1-3H2;2*1H4;;;1H/q;;;;;;;;;-1;;/i;;;;;1D;;;;;;. The van der Waals surface area contributed by atoms with E-state index in [1.54, 1.807) is 36.4 Å². The zero-order valence-corrected chi connectivity index (χ0v) is 89.9. The zero-order valence-electron chi connectivity index (χ0n) is 75.6. The number of alkyl halides is 1. The number of halogens is 7. The molecule has 0 radical (unpaired) electrons. The minimum Gasteiger partial charge on any atom is -0.508 e. The number of amides is 1. The molecule has 3 aromatic carbocycles. The summed E-state index contributed by atoms with van der Waals surface area (Å²) in [6.07, 6.45) is -17.3. The quantitative estimate of drug-likeness (QED) is 0.00669. The van der Waals surface area contributed by atoms with Crippen LogP contribution in [0.2, 0.25) is 0 Å². The van der Waals surface area contributed by atoms with Crippen molar-refractivity contribution in [2.45, 2.75) is 203 Å². The van der Waals surface area contributed by atoms with Gasteiger partial charge in [-0.05, 0) is 109 Å². The number of imidazole rings is 1. The van der Waals surface area contributed by atoms with Gasteiger partial charge in [-0.25, -0.2) is 19.1 Å². The van der Waals surface area contributed by atoms with Crippen molar-refractivity contribution in [1.29, 1.82) is 0 Å². The molecule has 1 aromatic heterocycles. The molecule has 7 rings (SSSR count). The van der Waals surface area contributed by atoms with Gasteiger partial charge in [0.05, 0.1) is 153 Å². The molecule has 136 heavy (non-hydrogen) atoms. The van der Waals surface area contributed by atoms with Crippen LogP contribution in [0.3, 0.4) is 0 Å². The summed E-state index contributed by atoms with van der Waals surface area (Å²) in [6.45, 7) is 4.92. The molecule has 3 aliphatic rings. The van der Waals surface area contributed by atoms with Crippen LogP contribution in [0.5, 0.6) is 17.2 Å². The second kappa shape index (κ2) is 85.0. The van der Waals surface area contributed by atoms with Crippen molar-refractivity contribution < 1.29 is 194 Å². The molecule has 0 saturated carbocycles. The number of aliphatic hydroxyl groups excluding tert-OH is 21. The molecule has 3 saturated heterocycles. The maximum Gasteiger partial charge on any atom is 0.424 e. The van der Waals surface area contributed by atoms with Crippen molar-refractivity contribution in [2.24, 2.45) is 64.5 Å². The maximum atomic E-state index is 12.0. The molecule has 27 atom stereocenters. The molecular formula is C85H148I7N8O36-. The van der Waals surface area contributed by atoms with Gasteiger partial charge >= 0.3 is 62.7 Å². The molecule has 1 amide bonds. The largest absolute Gasteiger partial charge is 0.508 e. The first-order valence-electron chi connectivity index (χ1n) is 42.5. The van der Waals surface area contributed by atoms with Crippen LogP contribution in [0.15, 0.2) is 91.5 Å². The van der Waals surface area contributed by atoms with E-state index in [-0.39, 0.29) is 141 Å². The Morgan fingerprint density at radius 3 is 1.18 bits per heavy atom. The number of aldehydes is 4. The Kier molecular flexibility index (Phi) is 87.7. The van der Waals surface area contributed by atoms with Crippen molar-refractivity contribution in [3.05, 3.63) is 108 Å². The van der Waals surface area contributed by atoms with E-state index in [9.17, 15) is 126 Å². The van der Waals surface area contributed by atoms with Crippen molar-refractivity contribution in [2.75, 3.05) is 117 Å². The molecule has 0 spiro atoms. The second-order valence-electron chi connectivity index (χ2n) is 30.8. The molecule has 44 nitrogen and oxygen atoms in total. The Morgan fingerprint density at radius 2 is 0.860 bits per heavy atom.